The minimum atomic E-state index is -4.69. The van der Waals surface area contributed by atoms with E-state index < -0.39 is 12.1 Å². The van der Waals surface area contributed by atoms with Crippen LogP contribution in [0.25, 0.3) is 22.3 Å². The molecule has 1 aromatic carbocycles. The van der Waals surface area contributed by atoms with Crippen LogP contribution in [0.1, 0.15) is 29.9 Å². The number of nitrogens with one attached hydrogen (secondary N) is 1. The molecule has 9 nitrogen and oxygen atoms in total. The maximum atomic E-state index is 12.7. The first-order valence-corrected chi connectivity index (χ1v) is 11.5. The van der Waals surface area contributed by atoms with Gasteiger partial charge in [0.15, 0.2) is 0 Å². The minimum absolute atomic E-state index is 0.200. The van der Waals surface area contributed by atoms with Gasteiger partial charge in [0.05, 0.1) is 17.2 Å². The Morgan fingerprint density at radius 3 is 2.61 bits per heavy atom. The molecule has 5 rings (SSSR count). The number of aromatic nitrogens is 5. The number of hydrogen-bond acceptors (Lipinski definition) is 8. The van der Waals surface area contributed by atoms with Crippen molar-refractivity contribution >= 4 is 16.9 Å². The zero-order valence-electron chi connectivity index (χ0n) is 19.5. The largest absolute Gasteiger partial charge is 0.471 e. The van der Waals surface area contributed by atoms with Crippen LogP contribution in [-0.2, 0) is 19.8 Å². The smallest absolute Gasteiger partial charge is 0.350 e. The van der Waals surface area contributed by atoms with Crippen LogP contribution in [0.2, 0.25) is 0 Å². The van der Waals surface area contributed by atoms with Gasteiger partial charge >= 0.3 is 12.1 Å². The predicted molar refractivity (Wildman–Crippen MR) is 125 cm³/mol. The van der Waals surface area contributed by atoms with Crippen molar-refractivity contribution in [3.63, 3.8) is 0 Å². The molecule has 0 amide bonds. The van der Waals surface area contributed by atoms with Crippen LogP contribution in [0, 0.1) is 17.2 Å². The third kappa shape index (κ3) is 4.87. The zero-order valence-corrected chi connectivity index (χ0v) is 19.5. The molecule has 4 heterocycles. The van der Waals surface area contributed by atoms with Crippen molar-refractivity contribution in [3.05, 3.63) is 53.8 Å². The van der Waals surface area contributed by atoms with Gasteiger partial charge in [0.25, 0.3) is 0 Å². The highest BCUT2D eigenvalue weighted by molar-refractivity contribution is 5.85. The van der Waals surface area contributed by atoms with E-state index in [2.05, 4.69) is 51.7 Å². The zero-order chi connectivity index (χ0) is 25.3. The molecule has 4 aromatic rings. The maximum absolute atomic E-state index is 12.7. The second-order valence-electron chi connectivity index (χ2n) is 8.86. The van der Waals surface area contributed by atoms with Crippen molar-refractivity contribution in [1.82, 2.24) is 30.0 Å². The summed E-state index contributed by atoms with van der Waals surface area (Å²) in [5.41, 5.74) is 3.18. The first kappa shape index (κ1) is 23.7. The van der Waals surface area contributed by atoms with Gasteiger partial charge in [-0.25, -0.2) is 9.97 Å². The Labute approximate surface area is 204 Å². The number of alkyl halides is 3. The molecule has 1 N–H and O–H groups in total. The summed E-state index contributed by atoms with van der Waals surface area (Å²) in [5.74, 6) is -0.572. The normalized spacial score (nSPS) is 14.9. The van der Waals surface area contributed by atoms with E-state index >= 15 is 0 Å². The van der Waals surface area contributed by atoms with Crippen LogP contribution < -0.4 is 10.2 Å². The SMILES string of the molecule is Cn1cc(CNCC2CCN(c3ncc(-c4noc(C(F)(F)F)n4)cn3)CC2)c2cc(C#N)ccc21. The van der Waals surface area contributed by atoms with Crippen molar-refractivity contribution in [2.24, 2.45) is 13.0 Å². The topological polar surface area (TPSA) is 109 Å². The number of nitriles is 1. The molecule has 0 spiro atoms. The number of nitrogens with zero attached hydrogens (tertiary/aromatic N) is 7. The highest BCUT2D eigenvalue weighted by Crippen LogP contribution is 2.29. The fourth-order valence-corrected chi connectivity index (χ4v) is 4.49. The lowest BCUT2D eigenvalue weighted by atomic mass is 9.97. The van der Waals surface area contributed by atoms with E-state index in [1.54, 1.807) is 0 Å². The number of benzene rings is 1. The molecule has 3 aromatic heterocycles. The molecule has 0 atom stereocenters. The van der Waals surface area contributed by atoms with E-state index in [0.29, 0.717) is 17.4 Å². The molecule has 36 heavy (non-hydrogen) atoms. The number of aryl methyl sites for hydroxylation is 1. The van der Waals surface area contributed by atoms with Crippen LogP contribution in [-0.4, -0.2) is 44.3 Å². The number of piperidine rings is 1. The van der Waals surface area contributed by atoms with Gasteiger partial charge in [-0.05, 0) is 49.1 Å². The first-order valence-electron chi connectivity index (χ1n) is 11.5. The highest BCUT2D eigenvalue weighted by atomic mass is 19.4. The second-order valence-corrected chi connectivity index (χ2v) is 8.86. The first-order chi connectivity index (χ1) is 17.3. The summed E-state index contributed by atoms with van der Waals surface area (Å²) >= 11 is 0. The maximum Gasteiger partial charge on any atom is 0.471 e. The Bertz CT molecular complexity index is 1400. The Morgan fingerprint density at radius 2 is 1.94 bits per heavy atom. The van der Waals surface area contributed by atoms with Crippen LogP contribution in [0.5, 0.6) is 0 Å². The van der Waals surface area contributed by atoms with Gasteiger partial charge in [-0.15, -0.1) is 0 Å². The molecule has 0 saturated carbocycles. The van der Waals surface area contributed by atoms with E-state index in [9.17, 15) is 18.4 Å². The molecule has 186 valence electrons. The fraction of sp³-hybridized carbons (Fsp3) is 0.375. The number of anilines is 1. The van der Waals surface area contributed by atoms with Gasteiger partial charge in [-0.1, -0.05) is 5.16 Å². The average molecular weight is 496 g/mol. The molecule has 1 aliphatic heterocycles. The van der Waals surface area contributed by atoms with E-state index in [1.807, 2.05) is 25.2 Å². The summed E-state index contributed by atoms with van der Waals surface area (Å²) in [7, 11) is 2.00. The number of halogens is 3. The third-order valence-electron chi connectivity index (χ3n) is 6.41. The summed E-state index contributed by atoms with van der Waals surface area (Å²) < 4.78 is 44.3. The van der Waals surface area contributed by atoms with Crippen molar-refractivity contribution in [1.29, 1.82) is 5.26 Å². The summed E-state index contributed by atoms with van der Waals surface area (Å²) in [6.45, 7) is 3.17. The lowest BCUT2D eigenvalue weighted by Crippen LogP contribution is -2.38. The van der Waals surface area contributed by atoms with Crippen molar-refractivity contribution in [2.75, 3.05) is 24.5 Å². The van der Waals surface area contributed by atoms with E-state index in [1.165, 1.54) is 18.0 Å². The van der Waals surface area contributed by atoms with Gasteiger partial charge in [0, 0.05) is 56.2 Å². The summed E-state index contributed by atoms with van der Waals surface area (Å²) in [4.78, 5) is 14.0. The monoisotopic (exact) mass is 496 g/mol. The third-order valence-corrected chi connectivity index (χ3v) is 6.41. The van der Waals surface area contributed by atoms with Crippen molar-refractivity contribution in [3.8, 4) is 17.5 Å². The standard InChI is InChI=1S/C24H23F3N8O/c1-34-14-18(19-8-16(9-28)2-3-20(19)34)11-29-10-15-4-6-35(7-5-15)23-30-12-17(13-31-23)21-32-22(36-33-21)24(25,26)27/h2-3,8,12-15,29H,4-7,10-11H2,1H3. The number of rotatable bonds is 6. The van der Waals surface area contributed by atoms with Crippen molar-refractivity contribution < 1.29 is 17.7 Å². The fourth-order valence-electron chi connectivity index (χ4n) is 4.49. The molecule has 1 aliphatic rings. The lowest BCUT2D eigenvalue weighted by Gasteiger charge is -2.32. The Balaban J connectivity index is 1.13. The number of fused-ring (bicyclic) bond motifs is 1. The molecular formula is C24H23F3N8O. The van der Waals surface area contributed by atoms with Gasteiger partial charge in [0.2, 0.25) is 11.8 Å². The molecule has 0 unspecified atom stereocenters. The Kier molecular flexibility index (Phi) is 6.32. The molecule has 1 fully saturated rings. The van der Waals surface area contributed by atoms with Gasteiger partial charge < -0.3 is 19.3 Å². The minimum Gasteiger partial charge on any atom is -0.350 e. The Hall–Kier alpha value is -3.98. The quantitative estimate of drug-likeness (QED) is 0.428. The van der Waals surface area contributed by atoms with Crippen LogP contribution in [0.15, 0.2) is 41.3 Å². The van der Waals surface area contributed by atoms with E-state index in [0.717, 1.165) is 49.9 Å². The molecular weight excluding hydrogens is 473 g/mol. The van der Waals surface area contributed by atoms with Crippen LogP contribution in [0.3, 0.4) is 0 Å². The van der Waals surface area contributed by atoms with Crippen molar-refractivity contribution in [2.45, 2.75) is 25.6 Å². The lowest BCUT2D eigenvalue weighted by molar-refractivity contribution is -0.159. The van der Waals surface area contributed by atoms with Crippen LogP contribution >= 0.6 is 0 Å². The van der Waals surface area contributed by atoms with Gasteiger partial charge in [0.1, 0.15) is 0 Å². The summed E-state index contributed by atoms with van der Waals surface area (Å²) in [5, 5.41) is 17.2. The summed E-state index contributed by atoms with van der Waals surface area (Å²) in [6, 6.07) is 7.95. The molecule has 0 bridgehead atoms. The average Bonchev–Trinajstić information content (AvgIpc) is 3.50. The van der Waals surface area contributed by atoms with Gasteiger partial charge in [-0.3, -0.25) is 0 Å². The van der Waals surface area contributed by atoms with Gasteiger partial charge in [-0.2, -0.15) is 23.4 Å². The Morgan fingerprint density at radius 1 is 1.19 bits per heavy atom. The molecule has 0 aliphatic carbocycles. The molecule has 1 saturated heterocycles. The summed E-state index contributed by atoms with van der Waals surface area (Å²) in [6.07, 6.45) is 2.14. The van der Waals surface area contributed by atoms with Crippen LogP contribution in [0.4, 0.5) is 19.1 Å². The second kappa shape index (κ2) is 9.58. The molecule has 12 heteroatoms. The number of hydrogen-bond donors (Lipinski definition) is 1. The highest BCUT2D eigenvalue weighted by Gasteiger charge is 2.38. The van der Waals surface area contributed by atoms with E-state index in [4.69, 9.17) is 0 Å². The predicted octanol–water partition coefficient (Wildman–Crippen LogP) is 3.91. The molecule has 0 radical (unpaired) electrons. The van der Waals surface area contributed by atoms with E-state index in [-0.39, 0.29) is 11.4 Å².